The maximum absolute atomic E-state index is 14.5. The smallest absolute Gasteiger partial charge is 0.240 e. The molecule has 0 aromatic heterocycles. The molecule has 1 saturated heterocycles. The molecule has 29 heavy (non-hydrogen) atoms. The van der Waals surface area contributed by atoms with Gasteiger partial charge < -0.3 is 0 Å². The van der Waals surface area contributed by atoms with Gasteiger partial charge >= 0.3 is 0 Å². The van der Waals surface area contributed by atoms with Crippen LogP contribution in [0.5, 0.6) is 0 Å². The molecule has 1 aliphatic rings. The summed E-state index contributed by atoms with van der Waals surface area (Å²) in [7, 11) is -7.56. The minimum absolute atomic E-state index is 0.0892. The number of nitrogens with one attached hydrogen (secondary N) is 1. The molecular formula is C19H22ClFN2O4S2. The Morgan fingerprint density at radius 1 is 1.07 bits per heavy atom. The standard InChI is InChI=1S/C19H22ClFN2O4S2/c1-28(24,25)14-6-4-7-15(12-14)29(26,27)22-13-18(23-10-2-3-11-23)19-16(20)8-5-9-17(19)21/h4-9,12,18,22H,2-3,10-11,13H2,1H3/t18-/m1/s1. The van der Waals surface area contributed by atoms with E-state index in [0.717, 1.165) is 25.2 Å². The van der Waals surface area contributed by atoms with Crippen molar-refractivity contribution in [2.24, 2.45) is 0 Å². The molecule has 3 rings (SSSR count). The van der Waals surface area contributed by atoms with Crippen molar-refractivity contribution >= 4 is 31.5 Å². The molecule has 0 spiro atoms. The van der Waals surface area contributed by atoms with Crippen molar-refractivity contribution in [2.75, 3.05) is 25.9 Å². The van der Waals surface area contributed by atoms with E-state index in [4.69, 9.17) is 11.6 Å². The fourth-order valence-electron chi connectivity index (χ4n) is 3.44. The number of halogens is 2. The number of hydrogen-bond donors (Lipinski definition) is 1. The summed E-state index contributed by atoms with van der Waals surface area (Å²) < 4.78 is 66.0. The van der Waals surface area contributed by atoms with Crippen molar-refractivity contribution in [1.29, 1.82) is 0 Å². The SMILES string of the molecule is CS(=O)(=O)c1cccc(S(=O)(=O)NC[C@H](c2c(F)cccc2Cl)N2CCCC2)c1. The van der Waals surface area contributed by atoms with Crippen molar-refractivity contribution in [1.82, 2.24) is 9.62 Å². The minimum Gasteiger partial charge on any atom is -0.295 e. The van der Waals surface area contributed by atoms with E-state index in [2.05, 4.69) is 4.72 Å². The first kappa shape index (κ1) is 22.2. The molecule has 1 N–H and O–H groups in total. The van der Waals surface area contributed by atoms with Crippen molar-refractivity contribution in [2.45, 2.75) is 28.7 Å². The zero-order valence-corrected chi connectivity index (χ0v) is 18.2. The Bertz CT molecular complexity index is 1080. The van der Waals surface area contributed by atoms with Gasteiger partial charge in [0, 0.05) is 23.4 Å². The van der Waals surface area contributed by atoms with Gasteiger partial charge in [-0.1, -0.05) is 23.7 Å². The van der Waals surface area contributed by atoms with Gasteiger partial charge in [-0.15, -0.1) is 0 Å². The van der Waals surface area contributed by atoms with Crippen LogP contribution < -0.4 is 4.72 Å². The second-order valence-electron chi connectivity index (χ2n) is 6.99. The normalized spacial score (nSPS) is 16.8. The highest BCUT2D eigenvalue weighted by Crippen LogP contribution is 2.32. The van der Waals surface area contributed by atoms with Crippen molar-refractivity contribution < 1.29 is 21.2 Å². The summed E-state index contributed by atoms with van der Waals surface area (Å²) in [6.45, 7) is 1.33. The third kappa shape index (κ3) is 5.16. The molecular weight excluding hydrogens is 439 g/mol. The first-order valence-electron chi connectivity index (χ1n) is 9.07. The highest BCUT2D eigenvalue weighted by atomic mass is 35.5. The predicted molar refractivity (Wildman–Crippen MR) is 110 cm³/mol. The van der Waals surface area contributed by atoms with Gasteiger partial charge in [-0.25, -0.2) is 25.9 Å². The third-order valence-corrected chi connectivity index (χ3v) is 7.79. The Balaban J connectivity index is 1.89. The number of hydrogen-bond acceptors (Lipinski definition) is 5. The van der Waals surface area contributed by atoms with E-state index in [9.17, 15) is 21.2 Å². The summed E-state index contributed by atoms with van der Waals surface area (Å²) in [5, 5.41) is 0.236. The van der Waals surface area contributed by atoms with Crippen molar-refractivity contribution in [3.8, 4) is 0 Å². The number of rotatable bonds is 7. The molecule has 1 atom stereocenters. The molecule has 0 amide bonds. The predicted octanol–water partition coefficient (Wildman–Crippen LogP) is 3.00. The Morgan fingerprint density at radius 3 is 2.31 bits per heavy atom. The Morgan fingerprint density at radius 2 is 1.69 bits per heavy atom. The molecule has 0 bridgehead atoms. The number of likely N-dealkylation sites (tertiary alicyclic amines) is 1. The van der Waals surface area contributed by atoms with E-state index in [-0.39, 0.29) is 26.9 Å². The van der Waals surface area contributed by atoms with Crippen LogP contribution in [0.25, 0.3) is 0 Å². The summed E-state index contributed by atoms with van der Waals surface area (Å²) in [6.07, 6.45) is 2.88. The van der Waals surface area contributed by atoms with E-state index < -0.39 is 31.7 Å². The van der Waals surface area contributed by atoms with E-state index in [0.29, 0.717) is 13.1 Å². The van der Waals surface area contributed by atoms with Crippen molar-refractivity contribution in [3.05, 3.63) is 58.9 Å². The number of sulfonamides is 1. The Labute approximate surface area is 175 Å². The van der Waals surface area contributed by atoms with Crippen LogP contribution in [0.2, 0.25) is 5.02 Å². The van der Waals surface area contributed by atoms with Crippen LogP contribution in [0.1, 0.15) is 24.4 Å². The zero-order chi connectivity index (χ0) is 21.2. The van der Waals surface area contributed by atoms with Gasteiger partial charge in [0.25, 0.3) is 0 Å². The van der Waals surface area contributed by atoms with E-state index in [1.54, 1.807) is 6.07 Å². The second kappa shape index (κ2) is 8.69. The lowest BCUT2D eigenvalue weighted by atomic mass is 10.0. The Kier molecular flexibility index (Phi) is 6.64. The largest absolute Gasteiger partial charge is 0.295 e. The maximum Gasteiger partial charge on any atom is 0.240 e. The van der Waals surface area contributed by atoms with Crippen LogP contribution in [0.15, 0.2) is 52.3 Å². The molecule has 0 unspecified atom stereocenters. The summed E-state index contributed by atoms with van der Waals surface area (Å²) in [5.41, 5.74) is 0.253. The molecule has 1 fully saturated rings. The van der Waals surface area contributed by atoms with Crippen LogP contribution in [0.3, 0.4) is 0 Å². The van der Waals surface area contributed by atoms with Crippen LogP contribution in [0.4, 0.5) is 4.39 Å². The van der Waals surface area contributed by atoms with Gasteiger partial charge in [0.1, 0.15) is 5.82 Å². The first-order valence-corrected chi connectivity index (χ1v) is 12.8. The van der Waals surface area contributed by atoms with Crippen LogP contribution in [-0.4, -0.2) is 47.6 Å². The number of nitrogens with zero attached hydrogens (tertiary/aromatic N) is 1. The summed E-state index contributed by atoms with van der Waals surface area (Å²) in [4.78, 5) is 1.74. The lowest BCUT2D eigenvalue weighted by molar-refractivity contribution is 0.241. The quantitative estimate of drug-likeness (QED) is 0.686. The van der Waals surface area contributed by atoms with Crippen LogP contribution in [0, 0.1) is 5.82 Å². The molecule has 0 radical (unpaired) electrons. The molecule has 2 aromatic rings. The highest BCUT2D eigenvalue weighted by Gasteiger charge is 2.29. The zero-order valence-electron chi connectivity index (χ0n) is 15.8. The summed E-state index contributed by atoms with van der Waals surface area (Å²) in [6, 6.07) is 8.94. The Hall–Kier alpha value is -1.52. The van der Waals surface area contributed by atoms with Crippen LogP contribution >= 0.6 is 11.6 Å². The molecule has 10 heteroatoms. The van der Waals surface area contributed by atoms with Gasteiger partial charge in [0.15, 0.2) is 9.84 Å². The monoisotopic (exact) mass is 460 g/mol. The summed E-state index contributed by atoms with van der Waals surface area (Å²) >= 11 is 6.23. The molecule has 0 aliphatic carbocycles. The second-order valence-corrected chi connectivity index (χ2v) is 11.2. The van der Waals surface area contributed by atoms with Gasteiger partial charge in [-0.05, 0) is 56.3 Å². The van der Waals surface area contributed by atoms with E-state index in [1.807, 2.05) is 4.90 Å². The first-order chi connectivity index (χ1) is 13.6. The van der Waals surface area contributed by atoms with Crippen LogP contribution in [-0.2, 0) is 19.9 Å². The molecule has 0 saturated carbocycles. The fourth-order valence-corrected chi connectivity index (χ4v) is 5.55. The minimum atomic E-state index is -4.01. The topological polar surface area (TPSA) is 83.5 Å². The lowest BCUT2D eigenvalue weighted by Gasteiger charge is -2.29. The fraction of sp³-hybridized carbons (Fsp3) is 0.368. The van der Waals surface area contributed by atoms with Gasteiger partial charge in [0.2, 0.25) is 10.0 Å². The number of sulfone groups is 1. The van der Waals surface area contributed by atoms with Gasteiger partial charge in [-0.3, -0.25) is 4.90 Å². The van der Waals surface area contributed by atoms with Gasteiger partial charge in [0.05, 0.1) is 15.8 Å². The highest BCUT2D eigenvalue weighted by molar-refractivity contribution is 7.91. The average Bonchev–Trinajstić information content (AvgIpc) is 3.18. The average molecular weight is 461 g/mol. The van der Waals surface area contributed by atoms with E-state index >= 15 is 0 Å². The molecule has 6 nitrogen and oxygen atoms in total. The van der Waals surface area contributed by atoms with Gasteiger partial charge in [-0.2, -0.15) is 0 Å². The molecule has 1 heterocycles. The number of benzene rings is 2. The lowest BCUT2D eigenvalue weighted by Crippen LogP contribution is -2.37. The van der Waals surface area contributed by atoms with Crippen molar-refractivity contribution in [3.63, 3.8) is 0 Å². The third-order valence-electron chi connectivity index (χ3n) is 4.93. The maximum atomic E-state index is 14.5. The molecule has 2 aromatic carbocycles. The summed E-state index contributed by atoms with van der Waals surface area (Å²) in [5.74, 6) is -0.493. The molecule has 1 aliphatic heterocycles. The molecule has 158 valence electrons. The van der Waals surface area contributed by atoms with E-state index in [1.165, 1.54) is 30.3 Å².